The molecule has 0 spiro atoms. The van der Waals surface area contributed by atoms with Crippen molar-refractivity contribution in [3.8, 4) is 0 Å². The number of hydrogen-bond donors (Lipinski definition) is 2. The lowest BCUT2D eigenvalue weighted by Crippen LogP contribution is -2.14. The molecule has 0 bridgehead atoms. The molecular formula is C13H14N2O. The van der Waals surface area contributed by atoms with Crippen LogP contribution in [0.4, 0.5) is 11.4 Å². The zero-order chi connectivity index (χ0) is 11.4. The van der Waals surface area contributed by atoms with Gasteiger partial charge in [-0.2, -0.15) is 0 Å². The monoisotopic (exact) mass is 214 g/mol. The van der Waals surface area contributed by atoms with Gasteiger partial charge in [-0.3, -0.25) is 4.79 Å². The van der Waals surface area contributed by atoms with Crippen LogP contribution in [0.2, 0.25) is 0 Å². The summed E-state index contributed by atoms with van der Waals surface area (Å²) in [6.45, 7) is 0. The normalized spacial score (nSPS) is 14.4. The first-order valence-electron chi connectivity index (χ1n) is 5.29. The van der Waals surface area contributed by atoms with Crippen LogP contribution in [0.5, 0.6) is 0 Å². The first kappa shape index (κ1) is 10.5. The number of carbonyl (C=O) groups excluding carboxylic acids is 1. The Labute approximate surface area is 94.7 Å². The number of allylic oxidation sites excluding steroid dienone is 2. The molecule has 1 aromatic carbocycles. The van der Waals surface area contributed by atoms with E-state index in [-0.39, 0.29) is 5.91 Å². The van der Waals surface area contributed by atoms with Crippen LogP contribution in [0.1, 0.15) is 12.8 Å². The third kappa shape index (κ3) is 2.51. The highest BCUT2D eigenvalue weighted by Gasteiger charge is 2.08. The van der Waals surface area contributed by atoms with E-state index in [0.29, 0.717) is 5.69 Å². The van der Waals surface area contributed by atoms with Crippen LogP contribution in [0.3, 0.4) is 0 Å². The number of hydrogen-bond acceptors (Lipinski definition) is 2. The molecule has 16 heavy (non-hydrogen) atoms. The summed E-state index contributed by atoms with van der Waals surface area (Å²) in [6.07, 6.45) is 7.76. The standard InChI is InChI=1S/C13H14N2O/c14-11-6-8-12(9-7-11)15-13(16)10-4-2-1-3-5-10/h2,4-9H,1,3,14H2,(H,15,16). The van der Waals surface area contributed by atoms with E-state index in [1.807, 2.05) is 18.2 Å². The second kappa shape index (κ2) is 4.66. The summed E-state index contributed by atoms with van der Waals surface area (Å²) in [4.78, 5) is 11.8. The van der Waals surface area contributed by atoms with Gasteiger partial charge in [-0.25, -0.2) is 0 Å². The van der Waals surface area contributed by atoms with E-state index in [1.54, 1.807) is 24.3 Å². The minimum absolute atomic E-state index is 0.0688. The first-order valence-corrected chi connectivity index (χ1v) is 5.29. The number of anilines is 2. The summed E-state index contributed by atoms with van der Waals surface area (Å²) < 4.78 is 0. The van der Waals surface area contributed by atoms with Gasteiger partial charge in [0.15, 0.2) is 0 Å². The maximum atomic E-state index is 11.8. The van der Waals surface area contributed by atoms with Gasteiger partial charge in [-0.15, -0.1) is 0 Å². The lowest BCUT2D eigenvalue weighted by atomic mass is 10.1. The molecule has 0 fully saturated rings. The topological polar surface area (TPSA) is 55.1 Å². The second-order valence-electron chi connectivity index (χ2n) is 3.72. The summed E-state index contributed by atoms with van der Waals surface area (Å²) in [5, 5.41) is 2.82. The lowest BCUT2D eigenvalue weighted by Gasteiger charge is -2.08. The summed E-state index contributed by atoms with van der Waals surface area (Å²) >= 11 is 0. The maximum Gasteiger partial charge on any atom is 0.255 e. The number of nitrogens with two attached hydrogens (primary N) is 1. The molecule has 0 aromatic heterocycles. The number of amides is 1. The van der Waals surface area contributed by atoms with Crippen molar-refractivity contribution < 1.29 is 4.79 Å². The Hall–Kier alpha value is -2.03. The second-order valence-corrected chi connectivity index (χ2v) is 3.72. The molecule has 0 saturated carbocycles. The molecular weight excluding hydrogens is 200 g/mol. The Bertz CT molecular complexity index is 444. The van der Waals surface area contributed by atoms with Gasteiger partial charge in [0, 0.05) is 16.9 Å². The molecule has 2 rings (SSSR count). The molecule has 1 aliphatic carbocycles. The highest BCUT2D eigenvalue weighted by molar-refractivity contribution is 6.05. The molecule has 0 unspecified atom stereocenters. The van der Waals surface area contributed by atoms with E-state index in [4.69, 9.17) is 5.73 Å². The largest absolute Gasteiger partial charge is 0.399 e. The van der Waals surface area contributed by atoms with Crippen LogP contribution in [0.25, 0.3) is 0 Å². The molecule has 0 aliphatic heterocycles. The number of rotatable bonds is 2. The van der Waals surface area contributed by atoms with Gasteiger partial charge in [0.05, 0.1) is 0 Å². The van der Waals surface area contributed by atoms with Crippen molar-refractivity contribution in [1.29, 1.82) is 0 Å². The highest BCUT2D eigenvalue weighted by atomic mass is 16.1. The minimum atomic E-state index is -0.0688. The fraction of sp³-hybridized carbons (Fsp3) is 0.154. The van der Waals surface area contributed by atoms with Crippen molar-refractivity contribution in [2.24, 2.45) is 0 Å². The number of benzene rings is 1. The van der Waals surface area contributed by atoms with E-state index < -0.39 is 0 Å². The zero-order valence-electron chi connectivity index (χ0n) is 8.94. The average Bonchev–Trinajstić information content (AvgIpc) is 2.33. The molecule has 82 valence electrons. The van der Waals surface area contributed by atoms with Gasteiger partial charge < -0.3 is 11.1 Å². The molecule has 3 heteroatoms. The fourth-order valence-corrected chi connectivity index (χ4v) is 1.55. The van der Waals surface area contributed by atoms with E-state index in [9.17, 15) is 4.79 Å². The summed E-state index contributed by atoms with van der Waals surface area (Å²) in [5.41, 5.74) is 7.74. The summed E-state index contributed by atoms with van der Waals surface area (Å²) in [7, 11) is 0. The SMILES string of the molecule is Nc1ccc(NC(=O)C2=CCCC=C2)cc1. The van der Waals surface area contributed by atoms with Crippen LogP contribution in [0, 0.1) is 0 Å². The molecule has 1 amide bonds. The molecule has 1 aliphatic rings. The molecule has 0 atom stereocenters. The maximum absolute atomic E-state index is 11.8. The molecule has 3 N–H and O–H groups in total. The highest BCUT2D eigenvalue weighted by Crippen LogP contribution is 2.14. The molecule has 1 aromatic rings. The Kier molecular flexibility index (Phi) is 3.05. The van der Waals surface area contributed by atoms with Gasteiger partial charge in [0.1, 0.15) is 0 Å². The molecule has 0 heterocycles. The van der Waals surface area contributed by atoms with Crippen LogP contribution in [0.15, 0.2) is 48.1 Å². The minimum Gasteiger partial charge on any atom is -0.399 e. The predicted molar refractivity (Wildman–Crippen MR) is 65.9 cm³/mol. The van der Waals surface area contributed by atoms with E-state index in [0.717, 1.165) is 24.1 Å². The van der Waals surface area contributed by atoms with Crippen LogP contribution >= 0.6 is 0 Å². The van der Waals surface area contributed by atoms with Crippen LogP contribution in [-0.4, -0.2) is 5.91 Å². The Morgan fingerprint density at radius 2 is 1.94 bits per heavy atom. The Balaban J connectivity index is 2.04. The van der Waals surface area contributed by atoms with Crippen molar-refractivity contribution in [3.05, 3.63) is 48.1 Å². The van der Waals surface area contributed by atoms with Gasteiger partial charge in [-0.05, 0) is 37.1 Å². The van der Waals surface area contributed by atoms with Gasteiger partial charge in [0.25, 0.3) is 5.91 Å². The smallest absolute Gasteiger partial charge is 0.255 e. The van der Waals surface area contributed by atoms with E-state index in [2.05, 4.69) is 5.32 Å². The predicted octanol–water partition coefficient (Wildman–Crippen LogP) is 2.48. The Morgan fingerprint density at radius 1 is 1.19 bits per heavy atom. The van der Waals surface area contributed by atoms with Crippen molar-refractivity contribution in [3.63, 3.8) is 0 Å². The van der Waals surface area contributed by atoms with Crippen molar-refractivity contribution in [2.45, 2.75) is 12.8 Å². The number of nitrogen functional groups attached to an aromatic ring is 1. The first-order chi connectivity index (χ1) is 7.75. The third-order valence-corrected chi connectivity index (χ3v) is 2.43. The van der Waals surface area contributed by atoms with Crippen LogP contribution < -0.4 is 11.1 Å². The van der Waals surface area contributed by atoms with Gasteiger partial charge in [0.2, 0.25) is 0 Å². The lowest BCUT2D eigenvalue weighted by molar-refractivity contribution is -0.112. The number of carbonyl (C=O) groups is 1. The number of nitrogens with one attached hydrogen (secondary N) is 1. The van der Waals surface area contributed by atoms with Crippen molar-refractivity contribution >= 4 is 17.3 Å². The van der Waals surface area contributed by atoms with Crippen LogP contribution in [-0.2, 0) is 4.79 Å². The fourth-order valence-electron chi connectivity index (χ4n) is 1.55. The summed E-state index contributed by atoms with van der Waals surface area (Å²) in [5.74, 6) is -0.0688. The molecule has 0 radical (unpaired) electrons. The molecule has 0 saturated heterocycles. The molecule has 3 nitrogen and oxygen atoms in total. The Morgan fingerprint density at radius 3 is 2.56 bits per heavy atom. The van der Waals surface area contributed by atoms with Crippen molar-refractivity contribution in [2.75, 3.05) is 11.1 Å². The van der Waals surface area contributed by atoms with Gasteiger partial charge >= 0.3 is 0 Å². The third-order valence-electron chi connectivity index (χ3n) is 2.43. The van der Waals surface area contributed by atoms with Gasteiger partial charge in [-0.1, -0.05) is 18.2 Å². The zero-order valence-corrected chi connectivity index (χ0v) is 8.94. The van der Waals surface area contributed by atoms with E-state index >= 15 is 0 Å². The van der Waals surface area contributed by atoms with Crippen molar-refractivity contribution in [1.82, 2.24) is 0 Å². The average molecular weight is 214 g/mol. The summed E-state index contributed by atoms with van der Waals surface area (Å²) in [6, 6.07) is 7.11. The quantitative estimate of drug-likeness (QED) is 0.743. The van der Waals surface area contributed by atoms with E-state index in [1.165, 1.54) is 0 Å².